The number of ketones is 1. The Kier molecular flexibility index (Phi) is 4.71. The van der Waals surface area contributed by atoms with Crippen molar-refractivity contribution in [2.24, 2.45) is 0 Å². The van der Waals surface area contributed by atoms with E-state index in [4.69, 9.17) is 0 Å². The number of H-pyrrole nitrogens is 1. The number of para-hydroxylation sites is 1. The molecule has 0 amide bonds. The van der Waals surface area contributed by atoms with Crippen LogP contribution in [0.25, 0.3) is 11.0 Å². The summed E-state index contributed by atoms with van der Waals surface area (Å²) < 4.78 is 0. The minimum atomic E-state index is -0.337. The van der Waals surface area contributed by atoms with Crippen LogP contribution in [-0.4, -0.2) is 25.8 Å². The van der Waals surface area contributed by atoms with Gasteiger partial charge in [0.1, 0.15) is 5.75 Å². The molecule has 4 aromatic rings. The van der Waals surface area contributed by atoms with Gasteiger partial charge in [0, 0.05) is 24.7 Å². The Bertz CT molecular complexity index is 1350. The average molecular weight is 412 g/mol. The number of rotatable bonds is 4. The number of fused-ring (bicyclic) bond motifs is 3. The summed E-state index contributed by atoms with van der Waals surface area (Å²) in [5.74, 6) is 0.186. The van der Waals surface area contributed by atoms with Crippen molar-refractivity contribution >= 4 is 22.8 Å². The number of Topliss-reactive ketones (excluding diaryl/α,β-unsaturated/α-hetero) is 1. The first-order valence-corrected chi connectivity index (χ1v) is 10.1. The van der Waals surface area contributed by atoms with Gasteiger partial charge < -0.3 is 10.4 Å². The summed E-state index contributed by atoms with van der Waals surface area (Å²) in [7, 11) is 0. The molecular weight excluding hydrogens is 392 g/mol. The van der Waals surface area contributed by atoms with Gasteiger partial charge in [0.05, 0.1) is 5.39 Å². The number of pyridine rings is 1. The Balaban J connectivity index is 1.52. The molecule has 2 heterocycles. The maximum Gasteiger partial charge on any atom is 0.262 e. The molecule has 154 valence electrons. The number of nitrogens with one attached hydrogen (secondary N) is 2. The second kappa shape index (κ2) is 7.68. The fourth-order valence-corrected chi connectivity index (χ4v) is 4.19. The van der Waals surface area contributed by atoms with Crippen molar-refractivity contribution in [2.75, 3.05) is 5.32 Å². The van der Waals surface area contributed by atoms with Gasteiger partial charge in [-0.1, -0.05) is 48.5 Å². The molecule has 0 bridgehead atoms. The van der Waals surface area contributed by atoms with Crippen molar-refractivity contribution in [2.45, 2.75) is 25.3 Å². The van der Waals surface area contributed by atoms with Gasteiger partial charge in [-0.25, -0.2) is 4.98 Å². The Morgan fingerprint density at radius 2 is 1.81 bits per heavy atom. The Hall–Kier alpha value is -4.00. The van der Waals surface area contributed by atoms with Crippen molar-refractivity contribution in [3.8, 4) is 5.75 Å². The van der Waals surface area contributed by atoms with Crippen LogP contribution < -0.4 is 10.9 Å². The molecule has 2 aromatic heterocycles. The van der Waals surface area contributed by atoms with Crippen LogP contribution in [-0.2, 0) is 13.0 Å². The third kappa shape index (κ3) is 3.54. The second-order valence-corrected chi connectivity index (χ2v) is 7.69. The molecule has 3 N–H and O–H groups in total. The molecule has 0 saturated heterocycles. The Labute approximate surface area is 177 Å². The van der Waals surface area contributed by atoms with Gasteiger partial charge in [-0.15, -0.1) is 0 Å². The molecule has 1 aliphatic carbocycles. The van der Waals surface area contributed by atoms with Crippen molar-refractivity contribution < 1.29 is 9.90 Å². The summed E-state index contributed by atoms with van der Waals surface area (Å²) in [6.45, 7) is 0.508. The van der Waals surface area contributed by atoms with Crippen LogP contribution in [0.3, 0.4) is 0 Å². The maximum atomic E-state index is 13.0. The highest BCUT2D eigenvalue weighted by Crippen LogP contribution is 2.37. The molecule has 5 rings (SSSR count). The number of carbonyl (C=O) groups excluding carboxylic acids is 1. The van der Waals surface area contributed by atoms with Crippen molar-refractivity contribution in [1.29, 1.82) is 0 Å². The molecule has 2 aromatic carbocycles. The van der Waals surface area contributed by atoms with E-state index in [2.05, 4.69) is 20.3 Å². The molecular formula is C24H20N4O3. The summed E-state index contributed by atoms with van der Waals surface area (Å²) in [5, 5.41) is 13.7. The lowest BCUT2D eigenvalue weighted by molar-refractivity contribution is 0.0964. The number of phenols is 1. The smallest absolute Gasteiger partial charge is 0.262 e. The van der Waals surface area contributed by atoms with Crippen LogP contribution in [0.1, 0.15) is 39.4 Å². The molecule has 0 spiro atoms. The Morgan fingerprint density at radius 3 is 2.61 bits per heavy atom. The lowest BCUT2D eigenvalue weighted by atomic mass is 9.79. The average Bonchev–Trinajstić information content (AvgIpc) is 2.78. The molecule has 0 fully saturated rings. The number of anilines is 1. The van der Waals surface area contributed by atoms with Crippen LogP contribution in [0.5, 0.6) is 5.75 Å². The molecule has 0 aliphatic heterocycles. The predicted octanol–water partition coefficient (Wildman–Crippen LogP) is 3.55. The van der Waals surface area contributed by atoms with E-state index in [1.54, 1.807) is 12.1 Å². The van der Waals surface area contributed by atoms with Crippen molar-refractivity contribution in [3.05, 3.63) is 93.4 Å². The number of phenolic OH excluding ortho intramolecular Hbond substituents is 1. The van der Waals surface area contributed by atoms with Gasteiger partial charge in [0.2, 0.25) is 5.95 Å². The fourth-order valence-electron chi connectivity index (χ4n) is 4.19. The molecule has 7 heteroatoms. The highest BCUT2D eigenvalue weighted by Gasteiger charge is 2.30. The fraction of sp³-hybridized carbons (Fsp3) is 0.167. The molecule has 1 atom stereocenters. The number of aromatic hydroxyl groups is 1. The summed E-state index contributed by atoms with van der Waals surface area (Å²) in [5.41, 5.74) is 2.81. The number of benzene rings is 2. The highest BCUT2D eigenvalue weighted by atomic mass is 16.3. The van der Waals surface area contributed by atoms with E-state index >= 15 is 0 Å². The zero-order valence-corrected chi connectivity index (χ0v) is 16.6. The second-order valence-electron chi connectivity index (χ2n) is 7.69. The zero-order valence-electron chi connectivity index (χ0n) is 16.6. The molecule has 0 unspecified atom stereocenters. The number of aromatic nitrogens is 3. The largest absolute Gasteiger partial charge is 0.508 e. The van der Waals surface area contributed by atoms with Crippen LogP contribution in [0.2, 0.25) is 0 Å². The van der Waals surface area contributed by atoms with Crippen molar-refractivity contribution in [3.63, 3.8) is 0 Å². The van der Waals surface area contributed by atoms with E-state index in [1.165, 1.54) is 6.20 Å². The normalized spacial score (nSPS) is 15.6. The highest BCUT2D eigenvalue weighted by molar-refractivity contribution is 6.02. The summed E-state index contributed by atoms with van der Waals surface area (Å²) in [6.07, 6.45) is 2.23. The molecule has 0 radical (unpaired) electrons. The lowest BCUT2D eigenvalue weighted by Gasteiger charge is -2.25. The quantitative estimate of drug-likeness (QED) is 0.473. The van der Waals surface area contributed by atoms with Crippen LogP contribution in [0.15, 0.2) is 65.6 Å². The zero-order chi connectivity index (χ0) is 21.4. The number of aromatic amines is 1. The molecule has 0 saturated carbocycles. The maximum absolute atomic E-state index is 13.0. The monoisotopic (exact) mass is 412 g/mol. The van der Waals surface area contributed by atoms with E-state index in [1.807, 2.05) is 42.5 Å². The molecule has 7 nitrogen and oxygen atoms in total. The van der Waals surface area contributed by atoms with Crippen LogP contribution >= 0.6 is 0 Å². The van der Waals surface area contributed by atoms with E-state index in [0.717, 1.165) is 5.56 Å². The lowest BCUT2D eigenvalue weighted by Crippen LogP contribution is -2.23. The van der Waals surface area contributed by atoms with Crippen LogP contribution in [0, 0.1) is 0 Å². The third-order valence-electron chi connectivity index (χ3n) is 5.71. The molecule has 1 aliphatic rings. The minimum Gasteiger partial charge on any atom is -0.508 e. The van der Waals surface area contributed by atoms with Crippen LogP contribution in [0.4, 0.5) is 5.95 Å². The van der Waals surface area contributed by atoms with Gasteiger partial charge in [0.25, 0.3) is 5.56 Å². The first-order chi connectivity index (χ1) is 15.1. The van der Waals surface area contributed by atoms with Crippen molar-refractivity contribution in [1.82, 2.24) is 15.0 Å². The first kappa shape index (κ1) is 19.0. The summed E-state index contributed by atoms with van der Waals surface area (Å²) >= 11 is 0. The predicted molar refractivity (Wildman–Crippen MR) is 117 cm³/mol. The topological polar surface area (TPSA) is 108 Å². The van der Waals surface area contributed by atoms with E-state index in [9.17, 15) is 14.7 Å². The number of hydrogen-bond acceptors (Lipinski definition) is 6. The van der Waals surface area contributed by atoms with Gasteiger partial charge in [0.15, 0.2) is 11.4 Å². The van der Waals surface area contributed by atoms with Gasteiger partial charge in [-0.3, -0.25) is 14.6 Å². The number of nitrogens with zero attached hydrogens (tertiary/aromatic N) is 2. The Morgan fingerprint density at radius 1 is 1.03 bits per heavy atom. The molecule has 31 heavy (non-hydrogen) atoms. The summed E-state index contributed by atoms with van der Waals surface area (Å²) in [4.78, 5) is 37.3. The van der Waals surface area contributed by atoms with Gasteiger partial charge in [-0.2, -0.15) is 4.98 Å². The SMILES string of the molecule is O=C1C[C@@H](c2ccccc2O)Cc2c1cnc1nc(NCc3ccccc3)[nH]c(=O)c21. The van der Waals surface area contributed by atoms with E-state index < -0.39 is 0 Å². The standard InChI is InChI=1S/C24H20N4O3/c29-19-9-5-4-8-16(19)15-10-17-18(20(30)11-15)13-25-22-21(17)23(31)28-24(27-22)26-12-14-6-2-1-3-7-14/h1-9,13,15,29H,10-12H2,(H2,25,26,27,28,31)/t15-/m0/s1. The number of hydrogen-bond donors (Lipinski definition) is 3. The number of carbonyl (C=O) groups is 1. The van der Waals surface area contributed by atoms with E-state index in [-0.39, 0.29) is 29.4 Å². The van der Waals surface area contributed by atoms with Gasteiger partial charge >= 0.3 is 0 Å². The minimum absolute atomic E-state index is 0.0883. The van der Waals surface area contributed by atoms with E-state index in [0.29, 0.717) is 46.6 Å². The first-order valence-electron chi connectivity index (χ1n) is 10.1. The third-order valence-corrected chi connectivity index (χ3v) is 5.71. The summed E-state index contributed by atoms with van der Waals surface area (Å²) in [6, 6.07) is 16.8. The van der Waals surface area contributed by atoms with Gasteiger partial charge in [-0.05, 0) is 35.1 Å².